The van der Waals surface area contributed by atoms with Crippen molar-refractivity contribution in [2.24, 2.45) is 5.41 Å². The van der Waals surface area contributed by atoms with Crippen LogP contribution in [0.5, 0.6) is 0 Å². The predicted octanol–water partition coefficient (Wildman–Crippen LogP) is 2.06. The average Bonchev–Trinajstić information content (AvgIpc) is 2.60. The van der Waals surface area contributed by atoms with Crippen molar-refractivity contribution in [1.82, 2.24) is 4.90 Å². The zero-order valence-corrected chi connectivity index (χ0v) is 13.5. The fourth-order valence-electron chi connectivity index (χ4n) is 3.51. The molecule has 2 aliphatic heterocycles. The Balaban J connectivity index is 1.87. The molecule has 3 atom stereocenters. The molecule has 0 amide bonds. The van der Waals surface area contributed by atoms with Crippen molar-refractivity contribution < 1.29 is 19.7 Å². The lowest BCUT2D eigenvalue weighted by atomic mass is 9.78. The summed E-state index contributed by atoms with van der Waals surface area (Å²) in [6, 6.07) is -0.0247. The van der Waals surface area contributed by atoms with Gasteiger partial charge in [-0.15, -0.1) is 0 Å². The molecule has 0 aromatic carbocycles. The third-order valence-corrected chi connectivity index (χ3v) is 4.97. The second kappa shape index (κ2) is 6.91. The van der Waals surface area contributed by atoms with Gasteiger partial charge in [0.2, 0.25) is 0 Å². The SMILES string of the molecule is CC1(CO)CN(C(C2=CC=CCC2)C2=COC=CO2)CCC1O. The lowest BCUT2D eigenvalue weighted by Crippen LogP contribution is -2.55. The monoisotopic (exact) mass is 319 g/mol. The summed E-state index contributed by atoms with van der Waals surface area (Å²) in [5, 5.41) is 20.0. The molecule has 0 saturated carbocycles. The smallest absolute Gasteiger partial charge is 0.160 e. The predicted molar refractivity (Wildman–Crippen MR) is 87.0 cm³/mol. The van der Waals surface area contributed by atoms with Crippen molar-refractivity contribution in [3.8, 4) is 0 Å². The van der Waals surface area contributed by atoms with Crippen molar-refractivity contribution >= 4 is 0 Å². The Hall–Kier alpha value is -1.56. The van der Waals surface area contributed by atoms with E-state index in [2.05, 4.69) is 23.1 Å². The van der Waals surface area contributed by atoms with Gasteiger partial charge in [0.25, 0.3) is 0 Å². The first-order valence-corrected chi connectivity index (χ1v) is 8.20. The van der Waals surface area contributed by atoms with Gasteiger partial charge in [0, 0.05) is 18.5 Å². The minimum absolute atomic E-state index is 0.0247. The second-order valence-corrected chi connectivity index (χ2v) is 6.74. The summed E-state index contributed by atoms with van der Waals surface area (Å²) in [4.78, 5) is 2.28. The molecule has 23 heavy (non-hydrogen) atoms. The fourth-order valence-corrected chi connectivity index (χ4v) is 3.51. The van der Waals surface area contributed by atoms with E-state index in [4.69, 9.17) is 9.47 Å². The number of nitrogens with zero attached hydrogens (tertiary/aromatic N) is 1. The van der Waals surface area contributed by atoms with Crippen LogP contribution in [0.3, 0.4) is 0 Å². The Bertz CT molecular complexity index is 551. The van der Waals surface area contributed by atoms with E-state index < -0.39 is 11.5 Å². The molecule has 3 unspecified atom stereocenters. The lowest BCUT2D eigenvalue weighted by molar-refractivity contribution is -0.0713. The quantitative estimate of drug-likeness (QED) is 0.830. The maximum atomic E-state index is 10.3. The molecule has 1 saturated heterocycles. The van der Waals surface area contributed by atoms with Crippen molar-refractivity contribution in [3.05, 3.63) is 48.3 Å². The van der Waals surface area contributed by atoms with E-state index in [0.29, 0.717) is 13.0 Å². The second-order valence-electron chi connectivity index (χ2n) is 6.74. The minimum Gasteiger partial charge on any atom is -0.466 e. The van der Waals surface area contributed by atoms with Crippen LogP contribution in [0.15, 0.2) is 48.3 Å². The van der Waals surface area contributed by atoms with Gasteiger partial charge in [0.15, 0.2) is 5.76 Å². The number of piperidine rings is 1. The van der Waals surface area contributed by atoms with E-state index >= 15 is 0 Å². The number of likely N-dealkylation sites (tertiary alicyclic amines) is 1. The van der Waals surface area contributed by atoms with Gasteiger partial charge in [-0.1, -0.05) is 25.2 Å². The highest BCUT2D eigenvalue weighted by Crippen LogP contribution is 2.35. The Morgan fingerprint density at radius 3 is 2.96 bits per heavy atom. The number of hydrogen-bond acceptors (Lipinski definition) is 5. The van der Waals surface area contributed by atoms with Crippen LogP contribution < -0.4 is 0 Å². The number of aliphatic hydroxyl groups excluding tert-OH is 2. The van der Waals surface area contributed by atoms with E-state index in [1.54, 1.807) is 12.5 Å². The molecule has 1 aliphatic carbocycles. The molecule has 126 valence electrons. The lowest BCUT2D eigenvalue weighted by Gasteiger charge is -2.46. The summed E-state index contributed by atoms with van der Waals surface area (Å²) in [7, 11) is 0. The number of hydrogen-bond donors (Lipinski definition) is 2. The van der Waals surface area contributed by atoms with Gasteiger partial charge in [-0.2, -0.15) is 0 Å². The van der Waals surface area contributed by atoms with Gasteiger partial charge in [0.05, 0.1) is 18.8 Å². The number of aliphatic hydroxyl groups is 2. The third kappa shape index (κ3) is 3.37. The first-order chi connectivity index (χ1) is 11.1. The maximum Gasteiger partial charge on any atom is 0.160 e. The van der Waals surface area contributed by atoms with Gasteiger partial charge in [-0.25, -0.2) is 0 Å². The summed E-state index contributed by atoms with van der Waals surface area (Å²) in [5.74, 6) is 0.755. The van der Waals surface area contributed by atoms with E-state index in [0.717, 1.165) is 25.1 Å². The molecule has 5 nitrogen and oxygen atoms in total. The maximum absolute atomic E-state index is 10.3. The molecule has 3 rings (SSSR count). The Morgan fingerprint density at radius 1 is 1.43 bits per heavy atom. The molecule has 5 heteroatoms. The summed E-state index contributed by atoms with van der Waals surface area (Å²) in [6.45, 7) is 3.27. The molecule has 0 bridgehead atoms. The van der Waals surface area contributed by atoms with Crippen molar-refractivity contribution in [3.63, 3.8) is 0 Å². The highest BCUT2D eigenvalue weighted by atomic mass is 16.5. The van der Waals surface area contributed by atoms with Gasteiger partial charge in [-0.05, 0) is 24.8 Å². The van der Waals surface area contributed by atoms with E-state index in [1.165, 1.54) is 11.8 Å². The van der Waals surface area contributed by atoms with Crippen LogP contribution in [-0.2, 0) is 9.47 Å². The molecule has 0 spiro atoms. The molecular formula is C18H25NO4. The fraction of sp³-hybridized carbons (Fsp3) is 0.556. The van der Waals surface area contributed by atoms with Gasteiger partial charge in [-0.3, -0.25) is 4.90 Å². The molecular weight excluding hydrogens is 294 g/mol. The van der Waals surface area contributed by atoms with Crippen LogP contribution in [-0.4, -0.2) is 47.0 Å². The summed E-state index contributed by atoms with van der Waals surface area (Å²) in [6.07, 6.45) is 13.2. The molecule has 3 aliphatic rings. The zero-order chi connectivity index (χ0) is 16.3. The largest absolute Gasteiger partial charge is 0.466 e. The summed E-state index contributed by atoms with van der Waals surface area (Å²) in [5.41, 5.74) is 0.752. The number of ether oxygens (including phenoxy) is 2. The summed E-state index contributed by atoms with van der Waals surface area (Å²) >= 11 is 0. The van der Waals surface area contributed by atoms with Gasteiger partial charge in [0.1, 0.15) is 18.8 Å². The van der Waals surface area contributed by atoms with Crippen LogP contribution >= 0.6 is 0 Å². The number of rotatable bonds is 4. The molecule has 2 heterocycles. The van der Waals surface area contributed by atoms with Crippen LogP contribution in [0.25, 0.3) is 0 Å². The molecule has 2 N–H and O–H groups in total. The summed E-state index contributed by atoms with van der Waals surface area (Å²) < 4.78 is 11.0. The van der Waals surface area contributed by atoms with Crippen molar-refractivity contribution in [1.29, 1.82) is 0 Å². The van der Waals surface area contributed by atoms with Crippen molar-refractivity contribution in [2.45, 2.75) is 38.3 Å². The number of allylic oxidation sites excluding steroid dienone is 3. The van der Waals surface area contributed by atoms with Crippen molar-refractivity contribution in [2.75, 3.05) is 19.7 Å². The van der Waals surface area contributed by atoms with Crippen LogP contribution in [0.2, 0.25) is 0 Å². The highest BCUT2D eigenvalue weighted by Gasteiger charge is 2.42. The highest BCUT2D eigenvalue weighted by molar-refractivity contribution is 5.30. The molecule has 0 aromatic rings. The third-order valence-electron chi connectivity index (χ3n) is 4.97. The minimum atomic E-state index is -0.520. The molecule has 0 aromatic heterocycles. The topological polar surface area (TPSA) is 62.2 Å². The normalized spacial score (nSPS) is 32.6. The van der Waals surface area contributed by atoms with Crippen LogP contribution in [0.4, 0.5) is 0 Å². The van der Waals surface area contributed by atoms with Crippen LogP contribution in [0, 0.1) is 5.41 Å². The Kier molecular flexibility index (Phi) is 4.90. The Morgan fingerprint density at radius 2 is 2.30 bits per heavy atom. The molecule has 1 fully saturated rings. The van der Waals surface area contributed by atoms with Gasteiger partial charge < -0.3 is 19.7 Å². The first kappa shape index (κ1) is 16.3. The molecule has 0 radical (unpaired) electrons. The zero-order valence-electron chi connectivity index (χ0n) is 13.5. The standard InChI is InChI=1S/C18H25NO4/c1-18(13-20)12-19(8-7-16(18)21)17(14-5-3-2-4-6-14)15-11-22-9-10-23-15/h2-3,5,9-11,16-17,20-21H,4,6-8,12-13H2,1H3. The first-order valence-electron chi connectivity index (χ1n) is 8.20. The van der Waals surface area contributed by atoms with E-state index in [1.807, 2.05) is 6.92 Å². The Labute approximate surface area is 137 Å². The average molecular weight is 319 g/mol. The van der Waals surface area contributed by atoms with E-state index in [-0.39, 0.29) is 12.6 Å². The van der Waals surface area contributed by atoms with E-state index in [9.17, 15) is 10.2 Å². The van der Waals surface area contributed by atoms with Crippen LogP contribution in [0.1, 0.15) is 26.2 Å². The van der Waals surface area contributed by atoms with Gasteiger partial charge >= 0.3 is 0 Å².